The molecule has 0 amide bonds. The van der Waals surface area contributed by atoms with Gasteiger partial charge in [-0.15, -0.1) is 0 Å². The molecule has 0 aliphatic heterocycles. The quantitative estimate of drug-likeness (QED) is 0.237. The fourth-order valence-corrected chi connectivity index (χ4v) is 3.17. The van der Waals surface area contributed by atoms with Gasteiger partial charge in [0.15, 0.2) is 29.5 Å². The molecule has 0 aliphatic carbocycles. The largest absolute Gasteiger partial charge is 0.423 e. The van der Waals surface area contributed by atoms with E-state index < -0.39 is 17.4 Å². The molecule has 2 aromatic rings. The second-order valence-corrected chi connectivity index (χ2v) is 7.94. The second kappa shape index (κ2) is 9.13. The number of esters is 2. The molecule has 0 atom stereocenters. The average Bonchev–Trinajstić information content (AvgIpc) is 2.64. The van der Waals surface area contributed by atoms with Crippen molar-refractivity contribution in [3.63, 3.8) is 0 Å². The van der Waals surface area contributed by atoms with E-state index in [0.29, 0.717) is 12.6 Å². The van der Waals surface area contributed by atoms with E-state index in [1.54, 1.807) is 0 Å². The summed E-state index contributed by atoms with van der Waals surface area (Å²) in [5.41, 5.74) is -2.01. The molecule has 0 radical (unpaired) electrons. The molecule has 2 rings (SSSR count). The van der Waals surface area contributed by atoms with Crippen molar-refractivity contribution >= 4 is 70.9 Å². The number of benzene rings is 2. The van der Waals surface area contributed by atoms with Crippen LogP contribution in [0.15, 0.2) is 24.3 Å². The predicted octanol–water partition coefficient (Wildman–Crippen LogP) is 5.46. The Bertz CT molecular complexity index is 937. The Balaban J connectivity index is 2.32. The van der Waals surface area contributed by atoms with Gasteiger partial charge in [0.05, 0.1) is 21.2 Å². The minimum atomic E-state index is -1.85. The van der Waals surface area contributed by atoms with Gasteiger partial charge in [-0.3, -0.25) is 19.2 Å². The lowest BCUT2D eigenvalue weighted by Crippen LogP contribution is -2.40. The first kappa shape index (κ1) is 23.2. The number of halogens is 4. The molecule has 152 valence electrons. The Kier molecular flexibility index (Phi) is 7.30. The Morgan fingerprint density at radius 1 is 0.759 bits per heavy atom. The summed E-state index contributed by atoms with van der Waals surface area (Å²) in [7, 11) is 0. The maximum atomic E-state index is 12.6. The molecule has 0 saturated heterocycles. The van der Waals surface area contributed by atoms with E-state index in [-0.39, 0.29) is 42.7 Å². The van der Waals surface area contributed by atoms with Crippen LogP contribution < -0.4 is 9.47 Å². The molecular formula is C19H12Cl4O6. The third-order valence-corrected chi connectivity index (χ3v) is 4.74. The van der Waals surface area contributed by atoms with Crippen molar-refractivity contribution < 1.29 is 28.7 Å². The van der Waals surface area contributed by atoms with Crippen LogP contribution in [0.2, 0.25) is 20.1 Å². The number of rotatable bonds is 6. The molecule has 2 aromatic carbocycles. The maximum Gasteiger partial charge on any atom is 0.328 e. The van der Waals surface area contributed by atoms with Gasteiger partial charge in [0, 0.05) is 10.0 Å². The molecule has 6 nitrogen and oxygen atoms in total. The van der Waals surface area contributed by atoms with Crippen LogP contribution in [-0.2, 0) is 9.59 Å². The first-order valence-electron chi connectivity index (χ1n) is 7.84. The standard InChI is InChI=1S/C19H12Cl4O6/c1-19(2,17(26)28-15-9(7-24)3-11(20)5-13(15)22)18(27)29-16-10(8-25)4-12(21)6-14(16)23/h3-8H,1-2H3. The van der Waals surface area contributed by atoms with Crippen molar-refractivity contribution in [2.24, 2.45) is 5.41 Å². The highest BCUT2D eigenvalue weighted by molar-refractivity contribution is 6.37. The van der Waals surface area contributed by atoms with Crippen LogP contribution >= 0.6 is 46.4 Å². The molecule has 0 heterocycles. The lowest BCUT2D eigenvalue weighted by atomic mass is 9.94. The van der Waals surface area contributed by atoms with Crippen molar-refractivity contribution in [2.75, 3.05) is 0 Å². The Morgan fingerprint density at radius 3 is 1.41 bits per heavy atom. The first-order valence-corrected chi connectivity index (χ1v) is 9.35. The predicted molar refractivity (Wildman–Crippen MR) is 109 cm³/mol. The number of hydrogen-bond acceptors (Lipinski definition) is 6. The van der Waals surface area contributed by atoms with Crippen molar-refractivity contribution in [1.29, 1.82) is 0 Å². The van der Waals surface area contributed by atoms with E-state index in [1.165, 1.54) is 38.1 Å². The Labute approximate surface area is 185 Å². The lowest BCUT2D eigenvalue weighted by Gasteiger charge is -2.22. The van der Waals surface area contributed by atoms with Crippen molar-refractivity contribution in [3.8, 4) is 11.5 Å². The molecule has 0 aliphatic rings. The van der Waals surface area contributed by atoms with Gasteiger partial charge in [0.2, 0.25) is 0 Å². The highest BCUT2D eigenvalue weighted by Crippen LogP contribution is 2.35. The summed E-state index contributed by atoms with van der Waals surface area (Å²) in [5, 5.41) is 0.130. The fourth-order valence-electron chi connectivity index (χ4n) is 2.07. The third-order valence-electron chi connectivity index (χ3n) is 3.74. The van der Waals surface area contributed by atoms with Gasteiger partial charge in [-0.1, -0.05) is 46.4 Å². The summed E-state index contributed by atoms with van der Waals surface area (Å²) in [4.78, 5) is 47.7. The minimum absolute atomic E-state index is 0.0796. The fraction of sp³-hybridized carbons (Fsp3) is 0.158. The maximum absolute atomic E-state index is 12.6. The summed E-state index contributed by atoms with van der Waals surface area (Å²) in [6.45, 7) is 2.46. The summed E-state index contributed by atoms with van der Waals surface area (Å²) in [6.07, 6.45) is 0.797. The monoisotopic (exact) mass is 476 g/mol. The van der Waals surface area contributed by atoms with Gasteiger partial charge in [-0.2, -0.15) is 0 Å². The van der Waals surface area contributed by atoms with E-state index in [4.69, 9.17) is 55.9 Å². The van der Waals surface area contributed by atoms with Gasteiger partial charge < -0.3 is 9.47 Å². The van der Waals surface area contributed by atoms with Crippen LogP contribution in [-0.4, -0.2) is 24.5 Å². The molecule has 0 fully saturated rings. The second-order valence-electron chi connectivity index (χ2n) is 6.25. The average molecular weight is 478 g/mol. The number of aldehydes is 2. The van der Waals surface area contributed by atoms with Crippen LogP contribution in [0.5, 0.6) is 11.5 Å². The van der Waals surface area contributed by atoms with Gasteiger partial charge in [-0.25, -0.2) is 0 Å². The number of carbonyl (C=O) groups excluding carboxylic acids is 4. The summed E-state index contributed by atoms with van der Waals surface area (Å²) < 4.78 is 10.3. The topological polar surface area (TPSA) is 86.7 Å². The Morgan fingerprint density at radius 2 is 1.10 bits per heavy atom. The number of ether oxygens (including phenoxy) is 2. The molecule has 0 N–H and O–H groups in total. The van der Waals surface area contributed by atoms with Gasteiger partial charge in [0.1, 0.15) is 0 Å². The third kappa shape index (κ3) is 5.08. The van der Waals surface area contributed by atoms with E-state index in [1.807, 2.05) is 0 Å². The van der Waals surface area contributed by atoms with E-state index in [2.05, 4.69) is 0 Å². The zero-order chi connectivity index (χ0) is 21.9. The first-order chi connectivity index (χ1) is 13.5. The normalized spacial score (nSPS) is 11.0. The van der Waals surface area contributed by atoms with Crippen molar-refractivity contribution in [3.05, 3.63) is 55.5 Å². The van der Waals surface area contributed by atoms with Crippen LogP contribution in [0.3, 0.4) is 0 Å². The number of carbonyl (C=O) groups is 4. The summed E-state index contributed by atoms with van der Waals surface area (Å²) >= 11 is 23.6. The summed E-state index contributed by atoms with van der Waals surface area (Å²) in [6, 6.07) is 5.04. The molecule has 0 unspecified atom stereocenters. The molecule has 0 aromatic heterocycles. The minimum Gasteiger partial charge on any atom is -0.423 e. The van der Waals surface area contributed by atoms with Crippen molar-refractivity contribution in [1.82, 2.24) is 0 Å². The molecule has 0 spiro atoms. The smallest absolute Gasteiger partial charge is 0.328 e. The molecular weight excluding hydrogens is 466 g/mol. The highest BCUT2D eigenvalue weighted by atomic mass is 35.5. The van der Waals surface area contributed by atoms with Gasteiger partial charge in [-0.05, 0) is 38.1 Å². The lowest BCUT2D eigenvalue weighted by molar-refractivity contribution is -0.158. The molecule has 10 heteroatoms. The van der Waals surface area contributed by atoms with E-state index in [0.717, 1.165) is 0 Å². The zero-order valence-electron chi connectivity index (χ0n) is 14.9. The molecule has 0 saturated carbocycles. The van der Waals surface area contributed by atoms with Crippen LogP contribution in [0, 0.1) is 5.41 Å². The number of hydrogen-bond donors (Lipinski definition) is 0. The van der Waals surface area contributed by atoms with Gasteiger partial charge in [0.25, 0.3) is 0 Å². The molecule has 0 bridgehead atoms. The van der Waals surface area contributed by atoms with Gasteiger partial charge >= 0.3 is 11.9 Å². The highest BCUT2D eigenvalue weighted by Gasteiger charge is 2.41. The van der Waals surface area contributed by atoms with E-state index in [9.17, 15) is 19.2 Å². The van der Waals surface area contributed by atoms with Crippen LogP contribution in [0.4, 0.5) is 0 Å². The SMILES string of the molecule is CC(C)(C(=O)Oc1c(Cl)cc(Cl)cc1C=O)C(=O)Oc1c(Cl)cc(Cl)cc1C=O. The van der Waals surface area contributed by atoms with Crippen LogP contribution in [0.1, 0.15) is 34.6 Å². The van der Waals surface area contributed by atoms with Crippen LogP contribution in [0.25, 0.3) is 0 Å². The van der Waals surface area contributed by atoms with E-state index >= 15 is 0 Å². The zero-order valence-corrected chi connectivity index (χ0v) is 17.9. The van der Waals surface area contributed by atoms with Crippen molar-refractivity contribution in [2.45, 2.75) is 13.8 Å². The molecule has 29 heavy (non-hydrogen) atoms. The summed E-state index contributed by atoms with van der Waals surface area (Å²) in [5.74, 6) is -2.63. The Hall–Kier alpha value is -2.12.